The van der Waals surface area contributed by atoms with Gasteiger partial charge >= 0.3 is 0 Å². The number of aromatic hydroxyl groups is 1. The molecule has 1 aromatic carbocycles. The van der Waals surface area contributed by atoms with E-state index >= 15 is 0 Å². The van der Waals surface area contributed by atoms with E-state index < -0.39 is 0 Å². The first kappa shape index (κ1) is 12.4. The minimum absolute atomic E-state index is 0.388. The van der Waals surface area contributed by atoms with Gasteiger partial charge in [0.25, 0.3) is 0 Å². The number of hydrogen-bond acceptors (Lipinski definition) is 2. The third-order valence-electron chi connectivity index (χ3n) is 4.12. The second-order valence-electron chi connectivity index (χ2n) is 5.90. The minimum Gasteiger partial charge on any atom is -0.507 e. The van der Waals surface area contributed by atoms with E-state index in [4.69, 9.17) is 0 Å². The van der Waals surface area contributed by atoms with Gasteiger partial charge in [0.05, 0.1) is 0 Å². The topological polar surface area (TPSA) is 32.3 Å². The van der Waals surface area contributed by atoms with Crippen LogP contribution in [-0.2, 0) is 6.54 Å². The molecule has 94 valence electrons. The van der Waals surface area contributed by atoms with Crippen LogP contribution in [0.1, 0.15) is 44.2 Å². The van der Waals surface area contributed by atoms with Crippen molar-refractivity contribution in [3.05, 3.63) is 29.3 Å². The summed E-state index contributed by atoms with van der Waals surface area (Å²) in [5, 5.41) is 13.6. The quantitative estimate of drug-likeness (QED) is 0.839. The maximum Gasteiger partial charge on any atom is 0.122 e. The number of hydrogen-bond donors (Lipinski definition) is 2. The van der Waals surface area contributed by atoms with Gasteiger partial charge in [0.2, 0.25) is 0 Å². The largest absolute Gasteiger partial charge is 0.507 e. The average Bonchev–Trinajstić information content (AvgIpc) is 2.60. The van der Waals surface area contributed by atoms with Gasteiger partial charge in [-0.05, 0) is 30.7 Å². The second-order valence-corrected chi connectivity index (χ2v) is 5.90. The summed E-state index contributed by atoms with van der Waals surface area (Å²) >= 11 is 0. The molecule has 1 saturated carbocycles. The van der Waals surface area contributed by atoms with Gasteiger partial charge < -0.3 is 10.4 Å². The molecule has 0 aliphatic heterocycles. The lowest BCUT2D eigenvalue weighted by Gasteiger charge is -2.28. The Bertz CT molecular complexity index is 398. The monoisotopic (exact) mass is 233 g/mol. The molecule has 0 amide bonds. The van der Waals surface area contributed by atoms with Crippen LogP contribution in [0.4, 0.5) is 0 Å². The van der Waals surface area contributed by atoms with Crippen molar-refractivity contribution in [3.8, 4) is 5.75 Å². The zero-order valence-corrected chi connectivity index (χ0v) is 11.1. The Balaban J connectivity index is 2.01. The zero-order chi connectivity index (χ0) is 12.5. The van der Waals surface area contributed by atoms with Crippen LogP contribution in [-0.4, -0.2) is 11.1 Å². The lowest BCUT2D eigenvalue weighted by Crippen LogP contribution is -2.37. The fourth-order valence-corrected chi connectivity index (χ4v) is 2.80. The molecule has 2 rings (SSSR count). The lowest BCUT2D eigenvalue weighted by atomic mass is 9.87. The molecule has 0 spiro atoms. The predicted octanol–water partition coefficient (Wildman–Crippen LogP) is 3.37. The molecule has 1 fully saturated rings. The molecule has 0 saturated heterocycles. The first-order valence-electron chi connectivity index (χ1n) is 6.51. The molecular weight excluding hydrogens is 210 g/mol. The molecule has 1 aliphatic rings. The fourth-order valence-electron chi connectivity index (χ4n) is 2.80. The Hall–Kier alpha value is -1.02. The van der Waals surface area contributed by atoms with Gasteiger partial charge in [-0.3, -0.25) is 0 Å². The third kappa shape index (κ3) is 2.63. The first-order valence-corrected chi connectivity index (χ1v) is 6.51. The normalized spacial score (nSPS) is 22.9. The molecule has 17 heavy (non-hydrogen) atoms. The van der Waals surface area contributed by atoms with Gasteiger partial charge in [0.1, 0.15) is 5.75 Å². The van der Waals surface area contributed by atoms with Gasteiger partial charge in [0, 0.05) is 18.2 Å². The number of para-hydroxylation sites is 1. The number of phenolic OH excluding ortho intramolecular Hbond substituents is 1. The van der Waals surface area contributed by atoms with Gasteiger partial charge in [-0.1, -0.05) is 38.5 Å². The number of aryl methyl sites for hydroxylation is 1. The number of rotatable bonds is 3. The van der Waals surface area contributed by atoms with E-state index in [0.717, 1.165) is 17.7 Å². The van der Waals surface area contributed by atoms with Crippen LogP contribution < -0.4 is 5.32 Å². The molecule has 0 heterocycles. The Labute approximate surface area is 104 Å². The van der Waals surface area contributed by atoms with Crippen LogP contribution in [0.15, 0.2) is 18.2 Å². The maximum atomic E-state index is 9.96. The average molecular weight is 233 g/mol. The lowest BCUT2D eigenvalue weighted by molar-refractivity contribution is 0.281. The van der Waals surface area contributed by atoms with Crippen molar-refractivity contribution in [3.63, 3.8) is 0 Å². The summed E-state index contributed by atoms with van der Waals surface area (Å²) in [6.07, 6.45) is 3.86. The van der Waals surface area contributed by atoms with Crippen molar-refractivity contribution >= 4 is 0 Å². The Morgan fingerprint density at radius 1 is 1.41 bits per heavy atom. The Kier molecular flexibility index (Phi) is 3.43. The second kappa shape index (κ2) is 4.69. The Morgan fingerprint density at radius 2 is 2.18 bits per heavy atom. The van der Waals surface area contributed by atoms with Crippen LogP contribution in [0.5, 0.6) is 5.75 Å². The van der Waals surface area contributed by atoms with E-state index in [1.54, 1.807) is 0 Å². The Morgan fingerprint density at radius 3 is 2.82 bits per heavy atom. The van der Waals surface area contributed by atoms with E-state index in [1.165, 1.54) is 19.3 Å². The highest BCUT2D eigenvalue weighted by Crippen LogP contribution is 2.37. The molecule has 0 radical (unpaired) electrons. The molecule has 1 atom stereocenters. The molecule has 0 aromatic heterocycles. The third-order valence-corrected chi connectivity index (χ3v) is 4.12. The standard InChI is InChI=1S/C15H23NO/c1-11-6-4-7-12(14(11)17)10-16-13-8-5-9-15(13,2)3/h4,6-7,13,16-17H,5,8-10H2,1-3H3. The van der Waals surface area contributed by atoms with Crippen molar-refractivity contribution in [1.29, 1.82) is 0 Å². The molecule has 2 N–H and O–H groups in total. The van der Waals surface area contributed by atoms with Crippen LogP contribution in [0, 0.1) is 12.3 Å². The molecule has 0 bridgehead atoms. The maximum absolute atomic E-state index is 9.96. The summed E-state index contributed by atoms with van der Waals surface area (Å²) in [6, 6.07) is 6.52. The molecular formula is C15H23NO. The van der Waals surface area contributed by atoms with E-state index in [1.807, 2.05) is 25.1 Å². The van der Waals surface area contributed by atoms with Crippen LogP contribution in [0.25, 0.3) is 0 Å². The van der Waals surface area contributed by atoms with E-state index in [9.17, 15) is 5.11 Å². The molecule has 1 aliphatic carbocycles. The zero-order valence-electron chi connectivity index (χ0n) is 11.1. The van der Waals surface area contributed by atoms with E-state index in [-0.39, 0.29) is 0 Å². The van der Waals surface area contributed by atoms with Crippen molar-refractivity contribution < 1.29 is 5.11 Å². The fraction of sp³-hybridized carbons (Fsp3) is 0.600. The van der Waals surface area contributed by atoms with Gasteiger partial charge in [0.15, 0.2) is 0 Å². The van der Waals surface area contributed by atoms with Crippen molar-refractivity contribution in [2.24, 2.45) is 5.41 Å². The van der Waals surface area contributed by atoms with Gasteiger partial charge in [-0.15, -0.1) is 0 Å². The summed E-state index contributed by atoms with van der Waals surface area (Å²) in [6.45, 7) is 7.36. The highest BCUT2D eigenvalue weighted by Gasteiger charge is 2.33. The van der Waals surface area contributed by atoms with Crippen molar-refractivity contribution in [2.45, 2.75) is 52.6 Å². The van der Waals surface area contributed by atoms with Crippen LogP contribution in [0.2, 0.25) is 0 Å². The predicted molar refractivity (Wildman–Crippen MR) is 71.1 cm³/mol. The summed E-state index contributed by atoms with van der Waals surface area (Å²) in [5.74, 6) is 0.441. The van der Waals surface area contributed by atoms with Crippen molar-refractivity contribution in [2.75, 3.05) is 0 Å². The number of phenols is 1. The minimum atomic E-state index is 0.388. The first-order chi connectivity index (χ1) is 8.00. The molecule has 2 nitrogen and oxygen atoms in total. The highest BCUT2D eigenvalue weighted by atomic mass is 16.3. The van der Waals surface area contributed by atoms with Crippen LogP contribution in [0.3, 0.4) is 0 Å². The van der Waals surface area contributed by atoms with Crippen molar-refractivity contribution in [1.82, 2.24) is 5.32 Å². The molecule has 2 heteroatoms. The summed E-state index contributed by atoms with van der Waals surface area (Å²) < 4.78 is 0. The van der Waals surface area contributed by atoms with E-state index in [2.05, 4.69) is 19.2 Å². The van der Waals surface area contributed by atoms with Crippen LogP contribution >= 0.6 is 0 Å². The smallest absolute Gasteiger partial charge is 0.122 e. The summed E-state index contributed by atoms with van der Waals surface area (Å²) in [4.78, 5) is 0. The number of benzene rings is 1. The summed E-state index contributed by atoms with van der Waals surface area (Å²) in [5.41, 5.74) is 2.35. The van der Waals surface area contributed by atoms with Gasteiger partial charge in [-0.25, -0.2) is 0 Å². The van der Waals surface area contributed by atoms with E-state index in [0.29, 0.717) is 17.2 Å². The number of nitrogens with one attached hydrogen (secondary N) is 1. The SMILES string of the molecule is Cc1cccc(CNC2CCCC2(C)C)c1O. The molecule has 1 aromatic rings. The highest BCUT2D eigenvalue weighted by molar-refractivity contribution is 5.39. The summed E-state index contributed by atoms with van der Waals surface area (Å²) in [7, 11) is 0. The molecule has 1 unspecified atom stereocenters. The van der Waals surface area contributed by atoms with Gasteiger partial charge in [-0.2, -0.15) is 0 Å².